The molecule has 0 spiro atoms. The zero-order valence-electron chi connectivity index (χ0n) is 13.3. The number of nitrogens with one attached hydrogen (secondary N) is 1. The van der Waals surface area contributed by atoms with Gasteiger partial charge in [0, 0.05) is 25.7 Å². The summed E-state index contributed by atoms with van der Waals surface area (Å²) in [5.41, 5.74) is 2.47. The van der Waals surface area contributed by atoms with E-state index in [4.69, 9.17) is 0 Å². The van der Waals surface area contributed by atoms with E-state index in [1.165, 1.54) is 5.56 Å². The summed E-state index contributed by atoms with van der Waals surface area (Å²) in [4.78, 5) is 14.3. The molecule has 0 saturated carbocycles. The molecule has 1 atom stereocenters. The first-order chi connectivity index (χ1) is 9.56. The van der Waals surface area contributed by atoms with Gasteiger partial charge in [-0.05, 0) is 30.4 Å². The Morgan fingerprint density at radius 3 is 2.48 bits per heavy atom. The van der Waals surface area contributed by atoms with Crippen LogP contribution in [0.2, 0.25) is 0 Å². The molecule has 1 aromatic rings. The van der Waals surface area contributed by atoms with Crippen LogP contribution in [0.15, 0.2) is 24.3 Å². The van der Waals surface area contributed by atoms with Crippen molar-refractivity contribution in [3.05, 3.63) is 35.4 Å². The van der Waals surface area contributed by atoms with Crippen molar-refractivity contribution < 1.29 is 4.79 Å². The first kappa shape index (κ1) is 18.0. The highest BCUT2D eigenvalue weighted by Crippen LogP contribution is 2.12. The molecular formula is C17H27ClN2O. The molecule has 3 nitrogen and oxygen atoms in total. The molecule has 0 radical (unpaired) electrons. The van der Waals surface area contributed by atoms with Crippen molar-refractivity contribution in [1.82, 2.24) is 10.2 Å². The Labute approximate surface area is 134 Å². The Kier molecular flexibility index (Phi) is 7.20. The van der Waals surface area contributed by atoms with Crippen LogP contribution in [0.3, 0.4) is 0 Å². The van der Waals surface area contributed by atoms with Crippen LogP contribution in [0.25, 0.3) is 0 Å². The van der Waals surface area contributed by atoms with Crippen LogP contribution in [0, 0.1) is 5.92 Å². The fourth-order valence-corrected chi connectivity index (χ4v) is 2.75. The number of benzene rings is 1. The van der Waals surface area contributed by atoms with Gasteiger partial charge in [-0.3, -0.25) is 4.79 Å². The number of halogens is 1. The molecule has 1 N–H and O–H groups in total. The van der Waals surface area contributed by atoms with Gasteiger partial charge < -0.3 is 10.2 Å². The third kappa shape index (κ3) is 5.33. The quantitative estimate of drug-likeness (QED) is 0.927. The Morgan fingerprint density at radius 2 is 1.90 bits per heavy atom. The molecule has 1 amide bonds. The SMILES string of the molecule is CC(C)Cc1ccc(CC(=O)N2CCNC[C@H]2C)cc1.Cl. The summed E-state index contributed by atoms with van der Waals surface area (Å²) in [6.07, 6.45) is 1.62. The molecule has 4 heteroatoms. The van der Waals surface area contributed by atoms with Gasteiger partial charge in [-0.25, -0.2) is 0 Å². The van der Waals surface area contributed by atoms with Crippen LogP contribution in [0.4, 0.5) is 0 Å². The fourth-order valence-electron chi connectivity index (χ4n) is 2.75. The Balaban J connectivity index is 0.00000220. The molecule has 1 fully saturated rings. The lowest BCUT2D eigenvalue weighted by atomic mass is 10.0. The molecule has 1 heterocycles. The highest BCUT2D eigenvalue weighted by Gasteiger charge is 2.22. The number of nitrogens with zero attached hydrogens (tertiary/aromatic N) is 1. The monoisotopic (exact) mass is 310 g/mol. The van der Waals surface area contributed by atoms with Crippen LogP contribution in [-0.2, 0) is 17.6 Å². The first-order valence-corrected chi connectivity index (χ1v) is 7.64. The number of rotatable bonds is 4. The van der Waals surface area contributed by atoms with Gasteiger partial charge in [-0.2, -0.15) is 0 Å². The zero-order valence-corrected chi connectivity index (χ0v) is 14.1. The lowest BCUT2D eigenvalue weighted by molar-refractivity contribution is -0.133. The molecule has 1 aliphatic heterocycles. The van der Waals surface area contributed by atoms with E-state index >= 15 is 0 Å². The van der Waals surface area contributed by atoms with E-state index in [9.17, 15) is 4.79 Å². The zero-order chi connectivity index (χ0) is 14.5. The fraction of sp³-hybridized carbons (Fsp3) is 0.588. The maximum Gasteiger partial charge on any atom is 0.227 e. The maximum absolute atomic E-state index is 12.3. The van der Waals surface area contributed by atoms with Gasteiger partial charge in [-0.15, -0.1) is 12.4 Å². The van der Waals surface area contributed by atoms with E-state index in [2.05, 4.69) is 50.4 Å². The van der Waals surface area contributed by atoms with E-state index in [1.807, 2.05) is 4.90 Å². The second-order valence-corrected chi connectivity index (χ2v) is 6.23. The second kappa shape index (κ2) is 8.40. The lowest BCUT2D eigenvalue weighted by Gasteiger charge is -2.34. The molecule has 1 aromatic carbocycles. The molecule has 21 heavy (non-hydrogen) atoms. The van der Waals surface area contributed by atoms with Crippen molar-refractivity contribution in [3.63, 3.8) is 0 Å². The third-order valence-corrected chi connectivity index (χ3v) is 3.84. The summed E-state index contributed by atoms with van der Waals surface area (Å²) in [6, 6.07) is 8.81. The lowest BCUT2D eigenvalue weighted by Crippen LogP contribution is -2.52. The smallest absolute Gasteiger partial charge is 0.227 e. The van der Waals surface area contributed by atoms with Crippen LogP contribution in [0.1, 0.15) is 31.9 Å². The molecule has 1 aliphatic rings. The molecule has 1 saturated heterocycles. The molecule has 0 aromatic heterocycles. The van der Waals surface area contributed by atoms with E-state index in [-0.39, 0.29) is 18.3 Å². The topological polar surface area (TPSA) is 32.3 Å². The predicted molar refractivity (Wildman–Crippen MR) is 90.0 cm³/mol. The summed E-state index contributed by atoms with van der Waals surface area (Å²) >= 11 is 0. The van der Waals surface area contributed by atoms with Gasteiger partial charge in [0.2, 0.25) is 5.91 Å². The average Bonchev–Trinajstić information content (AvgIpc) is 2.41. The Hall–Kier alpha value is -1.06. The van der Waals surface area contributed by atoms with Crippen LogP contribution in [0.5, 0.6) is 0 Å². The Bertz CT molecular complexity index is 445. The van der Waals surface area contributed by atoms with Crippen molar-refractivity contribution in [2.75, 3.05) is 19.6 Å². The van der Waals surface area contributed by atoms with Gasteiger partial charge >= 0.3 is 0 Å². The molecule has 0 unspecified atom stereocenters. The van der Waals surface area contributed by atoms with Gasteiger partial charge in [0.05, 0.1) is 6.42 Å². The van der Waals surface area contributed by atoms with Crippen molar-refractivity contribution in [1.29, 1.82) is 0 Å². The molecule has 118 valence electrons. The molecule has 0 bridgehead atoms. The van der Waals surface area contributed by atoms with E-state index in [0.29, 0.717) is 18.4 Å². The summed E-state index contributed by atoms with van der Waals surface area (Å²) < 4.78 is 0. The number of hydrogen-bond acceptors (Lipinski definition) is 2. The normalized spacial score (nSPS) is 18.5. The van der Waals surface area contributed by atoms with Crippen LogP contribution >= 0.6 is 12.4 Å². The van der Waals surface area contributed by atoms with Gasteiger partial charge in [0.15, 0.2) is 0 Å². The summed E-state index contributed by atoms with van der Waals surface area (Å²) in [6.45, 7) is 9.19. The first-order valence-electron chi connectivity index (χ1n) is 7.64. The largest absolute Gasteiger partial charge is 0.337 e. The third-order valence-electron chi connectivity index (χ3n) is 3.84. The molecule has 0 aliphatic carbocycles. The predicted octanol–water partition coefficient (Wildman–Crippen LogP) is 2.67. The van der Waals surface area contributed by atoms with E-state index in [0.717, 1.165) is 31.6 Å². The van der Waals surface area contributed by atoms with E-state index in [1.54, 1.807) is 0 Å². The molecule has 2 rings (SSSR count). The van der Waals surface area contributed by atoms with Crippen molar-refractivity contribution in [2.45, 2.75) is 39.7 Å². The van der Waals surface area contributed by atoms with Crippen molar-refractivity contribution in [2.24, 2.45) is 5.92 Å². The number of amides is 1. The highest BCUT2D eigenvalue weighted by molar-refractivity contribution is 5.85. The highest BCUT2D eigenvalue weighted by atomic mass is 35.5. The Morgan fingerprint density at radius 1 is 1.29 bits per heavy atom. The van der Waals surface area contributed by atoms with Gasteiger partial charge in [-0.1, -0.05) is 38.1 Å². The summed E-state index contributed by atoms with van der Waals surface area (Å²) in [5.74, 6) is 0.916. The van der Waals surface area contributed by atoms with Gasteiger partial charge in [0.1, 0.15) is 0 Å². The summed E-state index contributed by atoms with van der Waals surface area (Å²) in [5, 5.41) is 3.31. The number of piperazine rings is 1. The average molecular weight is 311 g/mol. The van der Waals surface area contributed by atoms with Crippen molar-refractivity contribution >= 4 is 18.3 Å². The maximum atomic E-state index is 12.3. The standard InChI is InChI=1S/C17H26N2O.ClH/c1-13(2)10-15-4-6-16(7-5-15)11-17(20)19-9-8-18-12-14(19)3;/h4-7,13-14,18H,8-12H2,1-3H3;1H/t14-;/m1./s1. The van der Waals surface area contributed by atoms with E-state index < -0.39 is 0 Å². The minimum Gasteiger partial charge on any atom is -0.337 e. The minimum atomic E-state index is 0. The van der Waals surface area contributed by atoms with Crippen LogP contribution < -0.4 is 5.32 Å². The van der Waals surface area contributed by atoms with Crippen LogP contribution in [-0.4, -0.2) is 36.5 Å². The molecular weight excluding hydrogens is 284 g/mol. The number of hydrogen-bond donors (Lipinski definition) is 1. The minimum absolute atomic E-state index is 0. The van der Waals surface area contributed by atoms with Gasteiger partial charge in [0.25, 0.3) is 0 Å². The number of carbonyl (C=O) groups excluding carboxylic acids is 1. The van der Waals surface area contributed by atoms with Crippen molar-refractivity contribution in [3.8, 4) is 0 Å². The summed E-state index contributed by atoms with van der Waals surface area (Å²) in [7, 11) is 0. The second-order valence-electron chi connectivity index (χ2n) is 6.23. The number of carbonyl (C=O) groups is 1.